The molecule has 1 aliphatic rings. The molecule has 0 saturated heterocycles. The van der Waals surface area contributed by atoms with E-state index in [4.69, 9.17) is 4.74 Å². The second-order valence-electron chi connectivity index (χ2n) is 7.52. The summed E-state index contributed by atoms with van der Waals surface area (Å²) in [6.45, 7) is 3.67. The van der Waals surface area contributed by atoms with Gasteiger partial charge in [-0.15, -0.1) is 0 Å². The molecule has 1 amide bonds. The van der Waals surface area contributed by atoms with Crippen LogP contribution in [0.4, 0.5) is 0 Å². The predicted molar refractivity (Wildman–Crippen MR) is 113 cm³/mol. The average molecular weight is 389 g/mol. The van der Waals surface area contributed by atoms with Crippen molar-refractivity contribution in [3.8, 4) is 11.5 Å². The van der Waals surface area contributed by atoms with Gasteiger partial charge in [0.2, 0.25) is 0 Å². The van der Waals surface area contributed by atoms with Gasteiger partial charge >= 0.3 is 0 Å². The maximum Gasteiger partial charge on any atom is 0.271 e. The van der Waals surface area contributed by atoms with Crippen LogP contribution in [0.3, 0.4) is 0 Å². The molecule has 1 aliphatic heterocycles. The summed E-state index contributed by atoms with van der Waals surface area (Å²) in [6, 6.07) is 18.1. The number of hydrogen-bond acceptors (Lipinski definition) is 3. The molecule has 0 saturated carbocycles. The van der Waals surface area contributed by atoms with Gasteiger partial charge in [0.05, 0.1) is 0 Å². The van der Waals surface area contributed by atoms with Gasteiger partial charge in [-0.2, -0.15) is 0 Å². The number of hydrogen-bond donors (Lipinski definition) is 1. The molecule has 1 atom stereocenters. The fraction of sp³-hybridized carbons (Fsp3) is 0.333. The van der Waals surface area contributed by atoms with E-state index in [0.29, 0.717) is 18.2 Å². The van der Waals surface area contributed by atoms with Crippen molar-refractivity contribution in [1.29, 1.82) is 0 Å². The van der Waals surface area contributed by atoms with Gasteiger partial charge in [-0.05, 0) is 42.7 Å². The molecule has 0 aliphatic carbocycles. The summed E-state index contributed by atoms with van der Waals surface area (Å²) in [4.78, 5) is 16.8. The molecule has 0 fully saturated rings. The van der Waals surface area contributed by atoms with E-state index < -0.39 is 0 Å². The van der Waals surface area contributed by atoms with Crippen LogP contribution in [0.1, 0.15) is 54.0 Å². The Balaban J connectivity index is 1.40. The first kappa shape index (κ1) is 19.2. The third-order valence-electron chi connectivity index (χ3n) is 5.37. The standard InChI is InChI=1S/C24H27N3O2/c1-2-3-15-25-24(28)22-17-27-16-19(11-14-23(27)26-22)18-9-12-21(13-10-18)29-20-7-5-4-6-8-20/h4-10,12-13,17,19H,2-3,11,14-16H2,1H3,(H,25,28)/t19-/m1/s1. The van der Waals surface area contributed by atoms with Gasteiger partial charge in [0.1, 0.15) is 23.0 Å². The second kappa shape index (κ2) is 8.95. The molecule has 1 N–H and O–H groups in total. The number of nitrogens with one attached hydrogen (secondary N) is 1. The predicted octanol–water partition coefficient (Wildman–Crippen LogP) is 4.94. The summed E-state index contributed by atoms with van der Waals surface area (Å²) in [5.41, 5.74) is 1.82. The van der Waals surface area contributed by atoms with E-state index in [1.54, 1.807) is 0 Å². The van der Waals surface area contributed by atoms with Crippen molar-refractivity contribution in [2.45, 2.75) is 45.1 Å². The fourth-order valence-corrected chi connectivity index (χ4v) is 3.73. The Bertz CT molecular complexity index is 948. The Kier molecular flexibility index (Phi) is 5.94. The molecule has 5 nitrogen and oxygen atoms in total. The number of aromatic nitrogens is 2. The van der Waals surface area contributed by atoms with Crippen molar-refractivity contribution in [1.82, 2.24) is 14.9 Å². The highest BCUT2D eigenvalue weighted by molar-refractivity contribution is 5.92. The highest BCUT2D eigenvalue weighted by atomic mass is 16.5. The summed E-state index contributed by atoms with van der Waals surface area (Å²) in [5.74, 6) is 3.03. The van der Waals surface area contributed by atoms with E-state index in [-0.39, 0.29) is 5.91 Å². The molecule has 3 aromatic rings. The lowest BCUT2D eigenvalue weighted by atomic mass is 9.91. The second-order valence-corrected chi connectivity index (χ2v) is 7.52. The van der Waals surface area contributed by atoms with Gasteiger partial charge < -0.3 is 14.6 Å². The van der Waals surface area contributed by atoms with Crippen LogP contribution >= 0.6 is 0 Å². The number of rotatable bonds is 7. The number of ether oxygens (including phenoxy) is 1. The van der Waals surface area contributed by atoms with Crippen molar-refractivity contribution < 1.29 is 9.53 Å². The number of benzene rings is 2. The number of amides is 1. The molecule has 0 radical (unpaired) electrons. The molecule has 0 bridgehead atoms. The summed E-state index contributed by atoms with van der Waals surface area (Å²) in [7, 11) is 0. The molecule has 2 aromatic carbocycles. The number of nitrogens with zero attached hydrogens (tertiary/aromatic N) is 2. The minimum absolute atomic E-state index is 0.0701. The fourth-order valence-electron chi connectivity index (χ4n) is 3.73. The molecule has 1 aromatic heterocycles. The van der Waals surface area contributed by atoms with E-state index in [9.17, 15) is 4.79 Å². The smallest absolute Gasteiger partial charge is 0.271 e. The van der Waals surface area contributed by atoms with Gasteiger partial charge in [0.25, 0.3) is 5.91 Å². The van der Waals surface area contributed by atoms with Gasteiger partial charge in [0.15, 0.2) is 0 Å². The molecule has 0 unspecified atom stereocenters. The first-order valence-electron chi connectivity index (χ1n) is 10.4. The van der Waals surface area contributed by atoms with Crippen molar-refractivity contribution in [3.63, 3.8) is 0 Å². The summed E-state index contributed by atoms with van der Waals surface area (Å²) < 4.78 is 8.02. The zero-order valence-electron chi connectivity index (χ0n) is 16.8. The lowest BCUT2D eigenvalue weighted by Crippen LogP contribution is -2.24. The van der Waals surface area contributed by atoms with E-state index >= 15 is 0 Å². The van der Waals surface area contributed by atoms with Gasteiger partial charge in [-0.3, -0.25) is 4.79 Å². The highest BCUT2D eigenvalue weighted by Crippen LogP contribution is 2.31. The molecule has 150 valence electrons. The molecule has 2 heterocycles. The lowest BCUT2D eigenvalue weighted by Gasteiger charge is -2.24. The quantitative estimate of drug-likeness (QED) is 0.583. The number of imidazole rings is 1. The van der Waals surface area contributed by atoms with Crippen molar-refractivity contribution in [2.24, 2.45) is 0 Å². The Hall–Kier alpha value is -3.08. The third kappa shape index (κ3) is 4.67. The molecule has 29 heavy (non-hydrogen) atoms. The van der Waals surface area contributed by atoms with E-state index in [1.807, 2.05) is 48.7 Å². The van der Waals surface area contributed by atoms with Crippen molar-refractivity contribution in [2.75, 3.05) is 6.54 Å². The number of para-hydroxylation sites is 1. The normalized spacial score (nSPS) is 15.6. The summed E-state index contributed by atoms with van der Waals surface area (Å²) in [6.07, 6.45) is 5.87. The van der Waals surface area contributed by atoms with Crippen molar-refractivity contribution in [3.05, 3.63) is 77.9 Å². The highest BCUT2D eigenvalue weighted by Gasteiger charge is 2.23. The monoisotopic (exact) mass is 389 g/mol. The first-order chi connectivity index (χ1) is 14.2. The topological polar surface area (TPSA) is 56.2 Å². The largest absolute Gasteiger partial charge is 0.457 e. The zero-order valence-corrected chi connectivity index (χ0v) is 16.8. The third-order valence-corrected chi connectivity index (χ3v) is 5.37. The first-order valence-corrected chi connectivity index (χ1v) is 10.4. The minimum Gasteiger partial charge on any atom is -0.457 e. The Morgan fingerprint density at radius 2 is 1.90 bits per heavy atom. The summed E-state index contributed by atoms with van der Waals surface area (Å²) in [5, 5.41) is 2.95. The van der Waals surface area contributed by atoms with Crippen LogP contribution in [-0.2, 0) is 13.0 Å². The number of aryl methyl sites for hydroxylation is 1. The molecule has 5 heteroatoms. The Morgan fingerprint density at radius 1 is 1.14 bits per heavy atom. The molecular weight excluding hydrogens is 362 g/mol. The minimum atomic E-state index is -0.0701. The van der Waals surface area contributed by atoms with Crippen LogP contribution in [0.5, 0.6) is 11.5 Å². The van der Waals surface area contributed by atoms with Crippen LogP contribution in [0.25, 0.3) is 0 Å². The van der Waals surface area contributed by atoms with Gasteiger partial charge in [-0.1, -0.05) is 43.7 Å². The van der Waals surface area contributed by atoms with Crippen LogP contribution < -0.4 is 10.1 Å². The van der Waals surface area contributed by atoms with Gasteiger partial charge in [-0.25, -0.2) is 4.98 Å². The van der Waals surface area contributed by atoms with Crippen LogP contribution in [0, 0.1) is 0 Å². The average Bonchev–Trinajstić information content (AvgIpc) is 3.19. The Labute approximate surface area is 171 Å². The van der Waals surface area contributed by atoms with E-state index in [1.165, 1.54) is 5.56 Å². The molecule has 0 spiro atoms. The SMILES string of the molecule is CCCCNC(=O)c1cn2c(n1)CC[C@@H](c1ccc(Oc3ccccc3)cc1)C2. The molecule has 4 rings (SSSR count). The maximum atomic E-state index is 12.3. The van der Waals surface area contributed by atoms with Gasteiger partial charge in [0, 0.05) is 31.6 Å². The number of carbonyl (C=O) groups excluding carboxylic acids is 1. The number of fused-ring (bicyclic) bond motifs is 1. The van der Waals surface area contributed by atoms with E-state index in [2.05, 4.69) is 33.9 Å². The number of unbranched alkanes of at least 4 members (excludes halogenated alkanes) is 1. The number of carbonyl (C=O) groups is 1. The molecular formula is C24H27N3O2. The van der Waals surface area contributed by atoms with Crippen molar-refractivity contribution >= 4 is 5.91 Å². The zero-order chi connectivity index (χ0) is 20.1. The Morgan fingerprint density at radius 3 is 2.66 bits per heavy atom. The maximum absolute atomic E-state index is 12.3. The summed E-state index contributed by atoms with van der Waals surface area (Å²) >= 11 is 0. The van der Waals surface area contributed by atoms with Crippen LogP contribution in [-0.4, -0.2) is 22.0 Å². The van der Waals surface area contributed by atoms with E-state index in [0.717, 1.165) is 49.6 Å². The van der Waals surface area contributed by atoms with Crippen LogP contribution in [0.15, 0.2) is 60.8 Å². The lowest BCUT2D eigenvalue weighted by molar-refractivity contribution is 0.0948. The van der Waals surface area contributed by atoms with Crippen LogP contribution in [0.2, 0.25) is 0 Å².